The first-order valence-electron chi connectivity index (χ1n) is 5.72. The van der Waals surface area contributed by atoms with Crippen LogP contribution in [0.25, 0.3) is 0 Å². The number of nitrogens with two attached hydrogens (primary N) is 1. The standard InChI is InChI=1S/C14H16ClNO/c1-3-10-7-8-12(17-10)14(16)11-6-4-5-9(2)13(11)15/h4-8,14H,3,16H2,1-2H3. The van der Waals surface area contributed by atoms with Crippen LogP contribution in [0.1, 0.15) is 35.6 Å². The molecule has 1 heterocycles. The lowest BCUT2D eigenvalue weighted by Crippen LogP contribution is -2.11. The molecule has 1 aromatic carbocycles. The number of hydrogen-bond donors (Lipinski definition) is 1. The van der Waals surface area contributed by atoms with E-state index in [2.05, 4.69) is 0 Å². The van der Waals surface area contributed by atoms with E-state index in [1.807, 2.05) is 44.2 Å². The van der Waals surface area contributed by atoms with Gasteiger partial charge in [0, 0.05) is 11.4 Å². The molecule has 3 heteroatoms. The Kier molecular flexibility index (Phi) is 3.55. The van der Waals surface area contributed by atoms with Gasteiger partial charge in [0.1, 0.15) is 11.5 Å². The molecule has 0 fully saturated rings. The van der Waals surface area contributed by atoms with E-state index < -0.39 is 0 Å². The van der Waals surface area contributed by atoms with E-state index >= 15 is 0 Å². The summed E-state index contributed by atoms with van der Waals surface area (Å²) in [4.78, 5) is 0. The molecule has 2 N–H and O–H groups in total. The molecule has 17 heavy (non-hydrogen) atoms. The highest BCUT2D eigenvalue weighted by Crippen LogP contribution is 2.29. The van der Waals surface area contributed by atoms with Crippen LogP contribution in [0.2, 0.25) is 5.02 Å². The predicted molar refractivity (Wildman–Crippen MR) is 70.3 cm³/mol. The van der Waals surface area contributed by atoms with E-state index in [0.29, 0.717) is 0 Å². The predicted octanol–water partition coefficient (Wildman–Crippen LogP) is 3.85. The highest BCUT2D eigenvalue weighted by molar-refractivity contribution is 6.32. The number of halogens is 1. The topological polar surface area (TPSA) is 39.2 Å². The van der Waals surface area contributed by atoms with Crippen molar-refractivity contribution >= 4 is 11.6 Å². The normalized spacial score (nSPS) is 12.7. The molecule has 1 atom stereocenters. The Morgan fingerprint density at radius 2 is 2.06 bits per heavy atom. The van der Waals surface area contributed by atoms with Crippen molar-refractivity contribution in [2.75, 3.05) is 0 Å². The lowest BCUT2D eigenvalue weighted by molar-refractivity contribution is 0.454. The fraction of sp³-hybridized carbons (Fsp3) is 0.286. The Hall–Kier alpha value is -1.25. The molecule has 0 amide bonds. The zero-order chi connectivity index (χ0) is 12.4. The number of benzene rings is 1. The monoisotopic (exact) mass is 249 g/mol. The molecule has 0 spiro atoms. The molecular formula is C14H16ClNO. The minimum Gasteiger partial charge on any atom is -0.464 e. The van der Waals surface area contributed by atoms with Crippen molar-refractivity contribution in [1.82, 2.24) is 0 Å². The fourth-order valence-electron chi connectivity index (χ4n) is 1.82. The maximum atomic E-state index is 6.26. The minimum atomic E-state index is -0.303. The van der Waals surface area contributed by atoms with Gasteiger partial charge in [0.15, 0.2) is 0 Å². The molecule has 0 radical (unpaired) electrons. The van der Waals surface area contributed by atoms with E-state index in [9.17, 15) is 0 Å². The SMILES string of the molecule is CCc1ccc(C(N)c2cccc(C)c2Cl)o1. The summed E-state index contributed by atoms with van der Waals surface area (Å²) < 4.78 is 5.66. The summed E-state index contributed by atoms with van der Waals surface area (Å²) in [5.74, 6) is 1.70. The molecule has 1 aromatic heterocycles. The van der Waals surface area contributed by atoms with Crippen molar-refractivity contribution in [3.8, 4) is 0 Å². The minimum absolute atomic E-state index is 0.303. The Balaban J connectivity index is 2.36. The van der Waals surface area contributed by atoms with Crippen LogP contribution < -0.4 is 5.73 Å². The van der Waals surface area contributed by atoms with E-state index in [4.69, 9.17) is 21.8 Å². The summed E-state index contributed by atoms with van der Waals surface area (Å²) in [6, 6.07) is 9.44. The smallest absolute Gasteiger partial charge is 0.125 e. The zero-order valence-corrected chi connectivity index (χ0v) is 10.8. The first-order chi connectivity index (χ1) is 8.13. The van der Waals surface area contributed by atoms with Crippen molar-refractivity contribution in [1.29, 1.82) is 0 Å². The van der Waals surface area contributed by atoms with Crippen LogP contribution in [0.15, 0.2) is 34.7 Å². The average Bonchev–Trinajstić information content (AvgIpc) is 2.80. The number of aryl methyl sites for hydroxylation is 2. The van der Waals surface area contributed by atoms with Crippen molar-refractivity contribution in [2.45, 2.75) is 26.3 Å². The summed E-state index contributed by atoms with van der Waals surface area (Å²) >= 11 is 6.26. The molecule has 2 rings (SSSR count). The molecule has 1 unspecified atom stereocenters. The van der Waals surface area contributed by atoms with Crippen LogP contribution in [0, 0.1) is 6.92 Å². The third kappa shape index (κ3) is 2.38. The second-order valence-electron chi connectivity index (χ2n) is 4.11. The van der Waals surface area contributed by atoms with Gasteiger partial charge in [0.2, 0.25) is 0 Å². The first-order valence-corrected chi connectivity index (χ1v) is 6.10. The van der Waals surface area contributed by atoms with Gasteiger partial charge >= 0.3 is 0 Å². The molecule has 0 saturated heterocycles. The third-order valence-electron chi connectivity index (χ3n) is 2.89. The second kappa shape index (κ2) is 4.94. The molecule has 2 nitrogen and oxygen atoms in total. The number of furan rings is 1. The van der Waals surface area contributed by atoms with Crippen molar-refractivity contribution in [3.05, 3.63) is 58.0 Å². The highest BCUT2D eigenvalue weighted by atomic mass is 35.5. The van der Waals surface area contributed by atoms with Gasteiger partial charge in [-0.05, 0) is 30.2 Å². The van der Waals surface area contributed by atoms with Gasteiger partial charge in [-0.3, -0.25) is 0 Å². The Labute approximate surface area is 106 Å². The van der Waals surface area contributed by atoms with E-state index in [1.54, 1.807) is 0 Å². The summed E-state index contributed by atoms with van der Waals surface area (Å²) in [7, 11) is 0. The van der Waals surface area contributed by atoms with E-state index in [-0.39, 0.29) is 6.04 Å². The lowest BCUT2D eigenvalue weighted by atomic mass is 10.0. The quantitative estimate of drug-likeness (QED) is 0.897. The summed E-state index contributed by atoms with van der Waals surface area (Å²) in [5, 5.41) is 0.717. The van der Waals surface area contributed by atoms with Gasteiger partial charge in [-0.1, -0.05) is 36.7 Å². The number of hydrogen-bond acceptors (Lipinski definition) is 2. The van der Waals surface area contributed by atoms with Gasteiger partial charge in [0.05, 0.1) is 6.04 Å². The Bertz CT molecular complexity index is 519. The molecule has 0 bridgehead atoms. The maximum Gasteiger partial charge on any atom is 0.125 e. The van der Waals surface area contributed by atoms with E-state index in [1.165, 1.54) is 0 Å². The van der Waals surface area contributed by atoms with Crippen LogP contribution in [0.4, 0.5) is 0 Å². The summed E-state index contributed by atoms with van der Waals surface area (Å²) in [5.41, 5.74) is 8.11. The molecule has 2 aromatic rings. The van der Waals surface area contributed by atoms with Gasteiger partial charge in [-0.25, -0.2) is 0 Å². The molecule has 0 aliphatic carbocycles. The van der Waals surface area contributed by atoms with Gasteiger partial charge in [-0.2, -0.15) is 0 Å². The molecular weight excluding hydrogens is 234 g/mol. The molecule has 0 aliphatic heterocycles. The summed E-state index contributed by atoms with van der Waals surface area (Å²) in [6.45, 7) is 4.02. The third-order valence-corrected chi connectivity index (χ3v) is 3.41. The second-order valence-corrected chi connectivity index (χ2v) is 4.49. The van der Waals surface area contributed by atoms with Gasteiger partial charge < -0.3 is 10.2 Å². The van der Waals surface area contributed by atoms with Gasteiger partial charge in [-0.15, -0.1) is 0 Å². The first kappa shape index (κ1) is 12.2. The zero-order valence-electron chi connectivity index (χ0n) is 10.0. The van der Waals surface area contributed by atoms with Gasteiger partial charge in [0.25, 0.3) is 0 Å². The van der Waals surface area contributed by atoms with Crippen LogP contribution in [-0.4, -0.2) is 0 Å². The van der Waals surface area contributed by atoms with Crippen LogP contribution >= 0.6 is 11.6 Å². The van der Waals surface area contributed by atoms with Crippen molar-refractivity contribution < 1.29 is 4.42 Å². The molecule has 0 aliphatic rings. The largest absolute Gasteiger partial charge is 0.464 e. The Morgan fingerprint density at radius 3 is 2.71 bits per heavy atom. The van der Waals surface area contributed by atoms with E-state index in [0.717, 1.165) is 34.1 Å². The molecule has 90 valence electrons. The fourth-order valence-corrected chi connectivity index (χ4v) is 2.06. The summed E-state index contributed by atoms with van der Waals surface area (Å²) in [6.07, 6.45) is 0.869. The van der Waals surface area contributed by atoms with Crippen molar-refractivity contribution in [3.63, 3.8) is 0 Å². The van der Waals surface area contributed by atoms with Crippen LogP contribution in [0.5, 0.6) is 0 Å². The molecule has 0 saturated carbocycles. The number of rotatable bonds is 3. The van der Waals surface area contributed by atoms with Crippen LogP contribution in [-0.2, 0) is 6.42 Å². The Morgan fingerprint density at radius 1 is 1.29 bits per heavy atom. The van der Waals surface area contributed by atoms with Crippen LogP contribution in [0.3, 0.4) is 0 Å². The highest BCUT2D eigenvalue weighted by Gasteiger charge is 2.16. The lowest BCUT2D eigenvalue weighted by Gasteiger charge is -2.12. The van der Waals surface area contributed by atoms with Crippen molar-refractivity contribution in [2.24, 2.45) is 5.73 Å². The maximum absolute atomic E-state index is 6.26. The average molecular weight is 250 g/mol.